The maximum Gasteiger partial charge on any atom is 0.243 e. The molecule has 0 radical (unpaired) electrons. The van der Waals surface area contributed by atoms with Crippen LogP contribution in [0.1, 0.15) is 18.9 Å². The summed E-state index contributed by atoms with van der Waals surface area (Å²) in [5.74, 6) is 0.534. The van der Waals surface area contributed by atoms with Crippen molar-refractivity contribution in [3.05, 3.63) is 71.2 Å². The first-order valence-electron chi connectivity index (χ1n) is 12.0. The molecule has 0 atom stereocenters. The van der Waals surface area contributed by atoms with Crippen molar-refractivity contribution in [3.8, 4) is 11.3 Å². The fourth-order valence-corrected chi connectivity index (χ4v) is 5.81. The second-order valence-electron chi connectivity index (χ2n) is 8.72. The van der Waals surface area contributed by atoms with Crippen LogP contribution in [-0.2, 0) is 14.8 Å². The summed E-state index contributed by atoms with van der Waals surface area (Å²) in [4.78, 5) is 17.1. The van der Waals surface area contributed by atoms with Gasteiger partial charge in [0.2, 0.25) is 15.9 Å². The van der Waals surface area contributed by atoms with Gasteiger partial charge in [-0.25, -0.2) is 8.42 Å². The van der Waals surface area contributed by atoms with E-state index in [4.69, 9.17) is 11.6 Å². The van der Waals surface area contributed by atoms with Crippen LogP contribution >= 0.6 is 11.6 Å². The molecule has 1 aromatic heterocycles. The highest BCUT2D eigenvalue weighted by Crippen LogP contribution is 2.26. The lowest BCUT2D eigenvalue weighted by Crippen LogP contribution is -2.44. The third-order valence-electron chi connectivity index (χ3n) is 6.30. The number of carbonyl (C=O) groups excluding carboxylic acids is 1. The molecule has 10 heteroatoms. The molecule has 0 bridgehead atoms. The first-order chi connectivity index (χ1) is 17.3. The lowest BCUT2D eigenvalue weighted by molar-refractivity contribution is -0.131. The van der Waals surface area contributed by atoms with Gasteiger partial charge in [0.1, 0.15) is 0 Å². The van der Waals surface area contributed by atoms with Gasteiger partial charge >= 0.3 is 0 Å². The van der Waals surface area contributed by atoms with E-state index in [1.807, 2.05) is 43.3 Å². The van der Waals surface area contributed by atoms with E-state index in [0.717, 1.165) is 29.9 Å². The van der Waals surface area contributed by atoms with Crippen LogP contribution in [0.2, 0.25) is 5.02 Å². The summed E-state index contributed by atoms with van der Waals surface area (Å²) < 4.78 is 27.4. The number of carbonyl (C=O) groups is 1. The fourth-order valence-electron chi connectivity index (χ4n) is 4.18. The van der Waals surface area contributed by atoms with E-state index in [-0.39, 0.29) is 23.9 Å². The molecular weight excluding hydrogens is 498 g/mol. The molecule has 4 rings (SSSR count). The Bertz CT molecular complexity index is 1300. The van der Waals surface area contributed by atoms with Gasteiger partial charge in [-0.2, -0.15) is 4.31 Å². The smallest absolute Gasteiger partial charge is 0.243 e. The van der Waals surface area contributed by atoms with Gasteiger partial charge < -0.3 is 9.80 Å². The minimum Gasteiger partial charge on any atom is -0.353 e. The van der Waals surface area contributed by atoms with E-state index >= 15 is 0 Å². The predicted molar refractivity (Wildman–Crippen MR) is 141 cm³/mol. The van der Waals surface area contributed by atoms with Crippen molar-refractivity contribution in [2.75, 3.05) is 44.2 Å². The van der Waals surface area contributed by atoms with Gasteiger partial charge in [0.25, 0.3) is 0 Å². The zero-order valence-corrected chi connectivity index (χ0v) is 22.0. The maximum atomic E-state index is 13.1. The Labute approximate surface area is 217 Å². The second-order valence-corrected chi connectivity index (χ2v) is 11.1. The number of aromatic nitrogens is 2. The Balaban J connectivity index is 1.39. The van der Waals surface area contributed by atoms with Gasteiger partial charge in [0.15, 0.2) is 5.82 Å². The number of amides is 1. The molecule has 2 heterocycles. The minimum absolute atomic E-state index is 0.182. The lowest BCUT2D eigenvalue weighted by atomic mass is 10.1. The average molecular weight is 528 g/mol. The molecule has 3 aromatic rings. The topological polar surface area (TPSA) is 86.7 Å². The van der Waals surface area contributed by atoms with Crippen LogP contribution in [0, 0.1) is 6.92 Å². The molecule has 1 fully saturated rings. The summed E-state index contributed by atoms with van der Waals surface area (Å²) in [7, 11) is -3.75. The Morgan fingerprint density at radius 3 is 2.39 bits per heavy atom. The molecule has 0 spiro atoms. The summed E-state index contributed by atoms with van der Waals surface area (Å²) in [6.45, 7) is 6.03. The third kappa shape index (κ3) is 5.86. The number of aryl methyl sites for hydroxylation is 1. The quantitative estimate of drug-likeness (QED) is 0.464. The normalized spacial score (nSPS) is 14.7. The van der Waals surface area contributed by atoms with E-state index < -0.39 is 10.0 Å². The summed E-state index contributed by atoms with van der Waals surface area (Å²) in [5, 5.41) is 9.36. The Hall–Kier alpha value is -3.01. The molecule has 1 aliphatic rings. The summed E-state index contributed by atoms with van der Waals surface area (Å²) in [5.41, 5.74) is 2.50. The Morgan fingerprint density at radius 1 is 0.972 bits per heavy atom. The van der Waals surface area contributed by atoms with Crippen LogP contribution in [-0.4, -0.2) is 73.0 Å². The van der Waals surface area contributed by atoms with Gasteiger partial charge in [-0.05, 0) is 43.7 Å². The van der Waals surface area contributed by atoms with Gasteiger partial charge in [0, 0.05) is 38.3 Å². The number of nitrogens with zero attached hydrogens (tertiary/aromatic N) is 5. The van der Waals surface area contributed by atoms with Crippen LogP contribution in [0.4, 0.5) is 5.82 Å². The standard InChI is InChI=1S/C26H30ClN5O3S/c1-3-32(36(34,35)21-11-9-20(2)10-12-21)19-26(33)31-16-6-15-30(17-18-31)25-14-13-24(28-29-25)22-7-4-5-8-23(22)27/h4-5,7-14H,3,6,15-19H2,1-2H3. The molecule has 190 valence electrons. The highest BCUT2D eigenvalue weighted by molar-refractivity contribution is 7.89. The number of likely N-dealkylation sites (N-methyl/N-ethyl adjacent to an activating group) is 1. The lowest BCUT2D eigenvalue weighted by Gasteiger charge is -2.26. The van der Waals surface area contributed by atoms with Gasteiger partial charge in [-0.1, -0.05) is 54.4 Å². The summed E-state index contributed by atoms with van der Waals surface area (Å²) in [6.07, 6.45) is 0.747. The maximum absolute atomic E-state index is 13.1. The van der Waals surface area contributed by atoms with Gasteiger partial charge in [-0.3, -0.25) is 4.79 Å². The third-order valence-corrected chi connectivity index (χ3v) is 8.56. The fraction of sp³-hybridized carbons (Fsp3) is 0.346. The molecule has 1 aliphatic heterocycles. The molecule has 1 amide bonds. The van der Waals surface area contributed by atoms with E-state index in [0.29, 0.717) is 30.4 Å². The van der Waals surface area contributed by atoms with Crippen molar-refractivity contribution in [2.45, 2.75) is 25.2 Å². The predicted octanol–water partition coefficient (Wildman–Crippen LogP) is 3.85. The van der Waals surface area contributed by atoms with Crippen LogP contribution in [0.15, 0.2) is 65.6 Å². The Kier molecular flexibility index (Phi) is 8.23. The van der Waals surface area contributed by atoms with Crippen LogP contribution in [0.25, 0.3) is 11.3 Å². The molecule has 36 heavy (non-hydrogen) atoms. The van der Waals surface area contributed by atoms with Gasteiger partial charge in [0.05, 0.1) is 22.2 Å². The van der Waals surface area contributed by atoms with Crippen molar-refractivity contribution in [1.82, 2.24) is 19.4 Å². The van der Waals surface area contributed by atoms with Crippen molar-refractivity contribution in [3.63, 3.8) is 0 Å². The number of halogens is 1. The van der Waals surface area contributed by atoms with Gasteiger partial charge in [-0.15, -0.1) is 10.2 Å². The zero-order valence-electron chi connectivity index (χ0n) is 20.5. The highest BCUT2D eigenvalue weighted by atomic mass is 35.5. The van der Waals surface area contributed by atoms with Crippen molar-refractivity contribution < 1.29 is 13.2 Å². The van der Waals surface area contributed by atoms with E-state index in [1.54, 1.807) is 36.1 Å². The highest BCUT2D eigenvalue weighted by Gasteiger charge is 2.28. The number of benzene rings is 2. The van der Waals surface area contributed by atoms with E-state index in [2.05, 4.69) is 15.1 Å². The molecule has 0 aliphatic carbocycles. The Morgan fingerprint density at radius 2 is 1.72 bits per heavy atom. The van der Waals surface area contributed by atoms with E-state index in [9.17, 15) is 13.2 Å². The summed E-state index contributed by atoms with van der Waals surface area (Å²) in [6, 6.07) is 18.0. The first-order valence-corrected chi connectivity index (χ1v) is 13.8. The van der Waals surface area contributed by atoms with Crippen molar-refractivity contribution >= 4 is 33.3 Å². The number of sulfonamides is 1. The molecule has 8 nitrogen and oxygen atoms in total. The first kappa shape index (κ1) is 26.1. The van der Waals surface area contributed by atoms with Crippen LogP contribution in [0.3, 0.4) is 0 Å². The number of hydrogen-bond acceptors (Lipinski definition) is 6. The van der Waals surface area contributed by atoms with E-state index in [1.165, 1.54) is 4.31 Å². The van der Waals surface area contributed by atoms with Crippen LogP contribution in [0.5, 0.6) is 0 Å². The van der Waals surface area contributed by atoms with Crippen LogP contribution < -0.4 is 4.90 Å². The van der Waals surface area contributed by atoms with Crippen molar-refractivity contribution in [1.29, 1.82) is 0 Å². The average Bonchev–Trinajstić information content (AvgIpc) is 3.14. The second kappa shape index (κ2) is 11.4. The SMILES string of the molecule is CCN(CC(=O)N1CCCN(c2ccc(-c3ccccc3Cl)nn2)CC1)S(=O)(=O)c1ccc(C)cc1. The minimum atomic E-state index is -3.75. The molecule has 0 N–H and O–H groups in total. The number of hydrogen-bond donors (Lipinski definition) is 0. The molecule has 1 saturated heterocycles. The molecule has 0 unspecified atom stereocenters. The number of anilines is 1. The molecule has 2 aromatic carbocycles. The largest absolute Gasteiger partial charge is 0.353 e. The monoisotopic (exact) mass is 527 g/mol. The zero-order chi connectivity index (χ0) is 25.7. The van der Waals surface area contributed by atoms with Crippen molar-refractivity contribution in [2.24, 2.45) is 0 Å². The summed E-state index contributed by atoms with van der Waals surface area (Å²) >= 11 is 6.27. The molecular formula is C26H30ClN5O3S. The molecule has 0 saturated carbocycles. The number of rotatable bonds is 7.